The molecule has 1 aliphatic carbocycles. The van der Waals surface area contributed by atoms with Gasteiger partial charge in [-0.05, 0) is 53.4 Å². The minimum Gasteiger partial charge on any atom is -0.497 e. The molecule has 1 N–H and O–H groups in total. The van der Waals surface area contributed by atoms with E-state index >= 15 is 0 Å². The lowest BCUT2D eigenvalue weighted by Crippen LogP contribution is -2.28. The summed E-state index contributed by atoms with van der Waals surface area (Å²) in [7, 11) is -1.93. The Kier molecular flexibility index (Phi) is 4.50. The van der Waals surface area contributed by atoms with Gasteiger partial charge in [-0.25, -0.2) is 13.1 Å². The van der Waals surface area contributed by atoms with Gasteiger partial charge in [0.25, 0.3) is 0 Å². The normalized spacial score (nSPS) is 15.3. The number of sulfonamides is 1. The third-order valence-corrected chi connectivity index (χ3v) is 6.51. The van der Waals surface area contributed by atoms with Crippen LogP contribution in [-0.4, -0.2) is 22.1 Å². The molecule has 5 heteroatoms. The van der Waals surface area contributed by atoms with Crippen molar-refractivity contribution in [1.29, 1.82) is 0 Å². The average molecular weight is 379 g/mol. The molecule has 1 atom stereocenters. The van der Waals surface area contributed by atoms with Crippen LogP contribution in [0.4, 0.5) is 0 Å². The van der Waals surface area contributed by atoms with Gasteiger partial charge >= 0.3 is 0 Å². The summed E-state index contributed by atoms with van der Waals surface area (Å²) < 4.78 is 33.6. The quantitative estimate of drug-likeness (QED) is 0.726. The van der Waals surface area contributed by atoms with Crippen LogP contribution in [0.15, 0.2) is 71.6 Å². The Morgan fingerprint density at radius 3 is 2.37 bits per heavy atom. The van der Waals surface area contributed by atoms with Crippen molar-refractivity contribution in [3.8, 4) is 16.9 Å². The van der Waals surface area contributed by atoms with Gasteiger partial charge in [-0.2, -0.15) is 0 Å². The average Bonchev–Trinajstić information content (AvgIpc) is 2.99. The van der Waals surface area contributed by atoms with Crippen LogP contribution in [0.1, 0.15) is 22.6 Å². The molecule has 0 heterocycles. The van der Waals surface area contributed by atoms with E-state index in [-0.39, 0.29) is 10.8 Å². The zero-order valence-electron chi connectivity index (χ0n) is 15.3. The summed E-state index contributed by atoms with van der Waals surface area (Å²) in [5, 5.41) is 0. The Morgan fingerprint density at radius 2 is 1.63 bits per heavy atom. The molecule has 0 spiro atoms. The van der Waals surface area contributed by atoms with Gasteiger partial charge in [0.05, 0.1) is 12.0 Å². The Labute approximate surface area is 159 Å². The van der Waals surface area contributed by atoms with Crippen molar-refractivity contribution >= 4 is 10.0 Å². The number of hydrogen-bond donors (Lipinski definition) is 1. The zero-order valence-corrected chi connectivity index (χ0v) is 16.1. The summed E-state index contributed by atoms with van der Waals surface area (Å²) in [6.07, 6.45) is 0. The summed E-state index contributed by atoms with van der Waals surface area (Å²) in [5.41, 5.74) is 5.52. The van der Waals surface area contributed by atoms with Crippen molar-refractivity contribution in [2.75, 3.05) is 13.7 Å². The first kappa shape index (κ1) is 17.8. The van der Waals surface area contributed by atoms with Gasteiger partial charge in [0.1, 0.15) is 5.75 Å². The number of benzene rings is 3. The fraction of sp³-hybridized carbons (Fsp3) is 0.182. The second-order valence-corrected chi connectivity index (χ2v) is 8.52. The Balaban J connectivity index is 1.67. The maximum atomic E-state index is 12.7. The number of aryl methyl sites for hydroxylation is 1. The minimum absolute atomic E-state index is 0.0495. The molecule has 0 amide bonds. The molecule has 0 saturated heterocycles. The fourth-order valence-corrected chi connectivity index (χ4v) is 4.68. The molecule has 0 radical (unpaired) electrons. The van der Waals surface area contributed by atoms with Gasteiger partial charge in [0.15, 0.2) is 0 Å². The third kappa shape index (κ3) is 3.24. The van der Waals surface area contributed by atoms with Crippen molar-refractivity contribution in [3.63, 3.8) is 0 Å². The first-order valence-electron chi connectivity index (χ1n) is 8.83. The van der Waals surface area contributed by atoms with Crippen molar-refractivity contribution in [2.45, 2.75) is 17.7 Å². The van der Waals surface area contributed by atoms with E-state index in [0.29, 0.717) is 6.54 Å². The van der Waals surface area contributed by atoms with E-state index in [0.717, 1.165) is 33.6 Å². The van der Waals surface area contributed by atoms with Crippen LogP contribution in [0.2, 0.25) is 0 Å². The second-order valence-electron chi connectivity index (χ2n) is 6.76. The molecular weight excluding hydrogens is 358 g/mol. The van der Waals surface area contributed by atoms with E-state index in [1.807, 2.05) is 37.3 Å². The molecule has 0 saturated carbocycles. The number of methoxy groups -OCH3 is 1. The molecular formula is C22H21NO3S. The molecule has 0 fully saturated rings. The number of rotatable bonds is 5. The van der Waals surface area contributed by atoms with Crippen LogP contribution >= 0.6 is 0 Å². The van der Waals surface area contributed by atoms with Crippen molar-refractivity contribution in [1.82, 2.24) is 4.72 Å². The lowest BCUT2D eigenvalue weighted by molar-refractivity contribution is 0.414. The highest BCUT2D eigenvalue weighted by Gasteiger charge is 2.30. The Bertz CT molecular complexity index is 1090. The first-order chi connectivity index (χ1) is 13.0. The molecule has 1 aliphatic rings. The highest BCUT2D eigenvalue weighted by Crippen LogP contribution is 2.45. The third-order valence-electron chi connectivity index (χ3n) is 5.07. The van der Waals surface area contributed by atoms with E-state index < -0.39 is 10.0 Å². The SMILES string of the molecule is COc1ccc2c(c1)C(CNS(=O)(=O)c1ccc(C)cc1)c1ccccc1-2. The van der Waals surface area contributed by atoms with Gasteiger partial charge in [-0.3, -0.25) is 0 Å². The van der Waals surface area contributed by atoms with Crippen LogP contribution in [0.5, 0.6) is 5.75 Å². The molecule has 27 heavy (non-hydrogen) atoms. The summed E-state index contributed by atoms with van der Waals surface area (Å²) in [5.74, 6) is 0.722. The maximum absolute atomic E-state index is 12.7. The minimum atomic E-state index is -3.57. The predicted molar refractivity (Wildman–Crippen MR) is 107 cm³/mol. The van der Waals surface area contributed by atoms with E-state index in [9.17, 15) is 8.42 Å². The van der Waals surface area contributed by atoms with Crippen molar-refractivity contribution in [3.05, 3.63) is 83.4 Å². The molecule has 1 unspecified atom stereocenters. The van der Waals surface area contributed by atoms with Crippen LogP contribution in [0.3, 0.4) is 0 Å². The Morgan fingerprint density at radius 1 is 0.926 bits per heavy atom. The van der Waals surface area contributed by atoms with Crippen LogP contribution < -0.4 is 9.46 Å². The fourth-order valence-electron chi connectivity index (χ4n) is 3.63. The predicted octanol–water partition coefficient (Wildman–Crippen LogP) is 4.09. The summed E-state index contributed by atoms with van der Waals surface area (Å²) >= 11 is 0. The summed E-state index contributed by atoms with van der Waals surface area (Å²) in [6.45, 7) is 2.23. The summed E-state index contributed by atoms with van der Waals surface area (Å²) in [6, 6.07) is 21.0. The molecule has 0 bridgehead atoms. The van der Waals surface area contributed by atoms with Crippen LogP contribution in [-0.2, 0) is 10.0 Å². The lowest BCUT2D eigenvalue weighted by atomic mass is 9.97. The molecule has 3 aromatic rings. The lowest BCUT2D eigenvalue weighted by Gasteiger charge is -2.16. The van der Waals surface area contributed by atoms with Crippen LogP contribution in [0.25, 0.3) is 11.1 Å². The molecule has 4 nitrogen and oxygen atoms in total. The van der Waals surface area contributed by atoms with Gasteiger partial charge in [0.2, 0.25) is 10.0 Å². The highest BCUT2D eigenvalue weighted by atomic mass is 32.2. The van der Waals surface area contributed by atoms with E-state index in [1.54, 1.807) is 31.4 Å². The van der Waals surface area contributed by atoms with Gasteiger partial charge in [0, 0.05) is 12.5 Å². The monoisotopic (exact) mass is 379 g/mol. The number of hydrogen-bond acceptors (Lipinski definition) is 3. The largest absolute Gasteiger partial charge is 0.497 e. The molecule has 3 aromatic carbocycles. The second kappa shape index (κ2) is 6.83. The molecule has 138 valence electrons. The van der Waals surface area contributed by atoms with Crippen LogP contribution in [0, 0.1) is 6.92 Å². The van der Waals surface area contributed by atoms with Gasteiger partial charge < -0.3 is 4.74 Å². The van der Waals surface area contributed by atoms with Crippen molar-refractivity contribution < 1.29 is 13.2 Å². The Hall–Kier alpha value is -2.63. The molecule has 4 rings (SSSR count). The van der Waals surface area contributed by atoms with Gasteiger partial charge in [-0.15, -0.1) is 0 Å². The zero-order chi connectivity index (χ0) is 19.0. The number of nitrogens with one attached hydrogen (secondary N) is 1. The smallest absolute Gasteiger partial charge is 0.240 e. The summed E-state index contributed by atoms with van der Waals surface area (Å²) in [4.78, 5) is 0.283. The number of fused-ring (bicyclic) bond motifs is 3. The van der Waals surface area contributed by atoms with Gasteiger partial charge in [-0.1, -0.05) is 48.0 Å². The highest BCUT2D eigenvalue weighted by molar-refractivity contribution is 7.89. The van der Waals surface area contributed by atoms with E-state index in [1.165, 1.54) is 0 Å². The first-order valence-corrected chi connectivity index (χ1v) is 10.3. The van der Waals surface area contributed by atoms with E-state index in [4.69, 9.17) is 4.74 Å². The maximum Gasteiger partial charge on any atom is 0.240 e. The molecule has 0 aliphatic heterocycles. The topological polar surface area (TPSA) is 55.4 Å². The standard InChI is InChI=1S/C22H21NO3S/c1-15-7-10-17(11-8-15)27(24,25)23-14-22-19-6-4-3-5-18(19)20-12-9-16(26-2)13-21(20)22/h3-13,22-23H,14H2,1-2H3. The van der Waals surface area contributed by atoms with E-state index in [2.05, 4.69) is 16.9 Å². The molecule has 0 aromatic heterocycles. The number of ether oxygens (including phenoxy) is 1. The van der Waals surface area contributed by atoms with Crippen molar-refractivity contribution in [2.24, 2.45) is 0 Å².